The van der Waals surface area contributed by atoms with Crippen molar-refractivity contribution in [2.24, 2.45) is 16.6 Å². The summed E-state index contributed by atoms with van der Waals surface area (Å²) in [4.78, 5) is 31.7. The lowest BCUT2D eigenvalue weighted by molar-refractivity contribution is -0.702. The number of nitrogens with two attached hydrogens (primary N) is 2. The van der Waals surface area contributed by atoms with Gasteiger partial charge in [0, 0.05) is 12.1 Å². The van der Waals surface area contributed by atoms with E-state index in [0.29, 0.717) is 12.8 Å². The van der Waals surface area contributed by atoms with Crippen LogP contribution in [0.15, 0.2) is 17.7 Å². The molecule has 0 spiro atoms. The molecule has 0 aliphatic rings. The van der Waals surface area contributed by atoms with Crippen molar-refractivity contribution < 1.29 is 19.3 Å². The molecule has 25 heavy (non-hydrogen) atoms. The van der Waals surface area contributed by atoms with Gasteiger partial charge in [0.25, 0.3) is 0 Å². The Morgan fingerprint density at radius 2 is 1.84 bits per heavy atom. The van der Waals surface area contributed by atoms with Gasteiger partial charge in [-0.3, -0.25) is 9.59 Å². The molecule has 0 radical (unpaired) electrons. The van der Waals surface area contributed by atoms with Crippen LogP contribution < -0.4 is 16.0 Å². The quantitative estimate of drug-likeness (QED) is 0.282. The van der Waals surface area contributed by atoms with Crippen molar-refractivity contribution >= 4 is 11.9 Å². The van der Waals surface area contributed by atoms with Crippen molar-refractivity contribution in [2.45, 2.75) is 70.6 Å². The second kappa shape index (κ2) is 10.7. The lowest BCUT2D eigenvalue weighted by Gasteiger charge is -2.05. The Hall–Kier alpha value is -2.13. The van der Waals surface area contributed by atoms with Crippen LogP contribution in [-0.4, -0.2) is 33.6 Å². The second-order valence-corrected chi connectivity index (χ2v) is 6.29. The van der Waals surface area contributed by atoms with Crippen molar-refractivity contribution in [2.75, 3.05) is 0 Å². The van der Waals surface area contributed by atoms with Crippen LogP contribution in [0, 0.1) is 11.8 Å². The van der Waals surface area contributed by atoms with Gasteiger partial charge in [0.05, 0.1) is 19.1 Å². The highest BCUT2D eigenvalue weighted by Gasteiger charge is 2.14. The van der Waals surface area contributed by atoms with Gasteiger partial charge in [0.2, 0.25) is 6.33 Å². The van der Waals surface area contributed by atoms with Crippen LogP contribution in [0.25, 0.3) is 0 Å². The average molecular weight is 354 g/mol. The van der Waals surface area contributed by atoms with E-state index in [0.717, 1.165) is 44.5 Å². The van der Waals surface area contributed by atoms with Crippen molar-refractivity contribution in [3.05, 3.63) is 23.1 Å². The number of carbonyl (C=O) groups is 2. The number of carboxylic acid groups (broad SMARTS) is 1. The molecule has 0 aliphatic heterocycles. The van der Waals surface area contributed by atoms with E-state index >= 15 is 0 Å². The number of aryl methyl sites for hydroxylation is 3. The highest BCUT2D eigenvalue weighted by atomic mass is 16.4. The molecule has 1 aromatic heterocycles. The van der Waals surface area contributed by atoms with Crippen LogP contribution in [0.1, 0.15) is 44.2 Å². The first kappa shape index (κ1) is 20.9. The van der Waals surface area contributed by atoms with E-state index in [2.05, 4.69) is 14.3 Å². The predicted octanol–water partition coefficient (Wildman–Crippen LogP) is 0.457. The lowest BCUT2D eigenvalue weighted by atomic mass is 10.1. The monoisotopic (exact) mass is 354 g/mol. The Labute approximate surface area is 147 Å². The molecule has 1 aromatic rings. The fourth-order valence-electron chi connectivity index (χ4n) is 2.59. The maximum absolute atomic E-state index is 11.0. The lowest BCUT2D eigenvalue weighted by Crippen LogP contribution is -2.35. The first-order valence-electron chi connectivity index (χ1n) is 8.52. The van der Waals surface area contributed by atoms with Gasteiger partial charge < -0.3 is 16.6 Å². The largest absolute Gasteiger partial charge is 0.480 e. The number of carbonyl (C=O) groups excluding carboxylic acids is 1. The zero-order chi connectivity index (χ0) is 18.8. The van der Waals surface area contributed by atoms with E-state index in [1.165, 1.54) is 0 Å². The molecule has 9 heteroatoms. The van der Waals surface area contributed by atoms with E-state index in [9.17, 15) is 14.5 Å². The summed E-state index contributed by atoms with van der Waals surface area (Å²) in [5.41, 5.74) is 12.1. The molecule has 2 atom stereocenters. The van der Waals surface area contributed by atoms with Gasteiger partial charge in [-0.25, -0.2) is 9.13 Å². The van der Waals surface area contributed by atoms with Crippen LogP contribution in [0.3, 0.4) is 0 Å². The first-order valence-corrected chi connectivity index (χ1v) is 8.52. The van der Waals surface area contributed by atoms with Crippen LogP contribution in [0.4, 0.5) is 0 Å². The van der Waals surface area contributed by atoms with Gasteiger partial charge in [-0.2, -0.15) is 0 Å². The van der Waals surface area contributed by atoms with Crippen molar-refractivity contribution in [1.82, 2.24) is 4.57 Å². The Bertz CT molecular complexity index is 587. The fourth-order valence-corrected chi connectivity index (χ4v) is 2.59. The highest BCUT2D eigenvalue weighted by Crippen LogP contribution is 2.04. The summed E-state index contributed by atoms with van der Waals surface area (Å²) in [6.07, 6.45) is 8.22. The molecule has 9 nitrogen and oxygen atoms in total. The molecule has 0 bridgehead atoms. The third kappa shape index (κ3) is 7.53. The van der Waals surface area contributed by atoms with Gasteiger partial charge in [0.15, 0.2) is 0 Å². The topological polar surface area (TPSA) is 145 Å². The SMILES string of the molecule is Cc1cn(CCCCC(N)C(=O)O)c[n+]1CCCCC(N)C(=O)N=O. The van der Waals surface area contributed by atoms with Gasteiger partial charge in [-0.1, -0.05) is 0 Å². The number of unbranched alkanes of at least 4 members (excludes halogenated alkanes) is 2. The number of hydrogen-bond acceptors (Lipinski definition) is 5. The van der Waals surface area contributed by atoms with Gasteiger partial charge >= 0.3 is 11.9 Å². The summed E-state index contributed by atoms with van der Waals surface area (Å²) in [6, 6.07) is -1.59. The Balaban J connectivity index is 2.30. The number of aliphatic carboxylic acids is 1. The van der Waals surface area contributed by atoms with E-state index in [-0.39, 0.29) is 0 Å². The minimum atomic E-state index is -0.958. The Morgan fingerprint density at radius 3 is 2.48 bits per heavy atom. The number of nitroso groups, excluding NO2 is 1. The molecular weight excluding hydrogens is 326 g/mol. The molecule has 1 amide bonds. The normalized spacial score (nSPS) is 13.4. The van der Waals surface area contributed by atoms with E-state index < -0.39 is 24.0 Å². The van der Waals surface area contributed by atoms with Crippen LogP contribution in [-0.2, 0) is 22.7 Å². The maximum atomic E-state index is 11.0. The summed E-state index contributed by atoms with van der Waals surface area (Å²) in [7, 11) is 0. The van der Waals surface area contributed by atoms with Crippen LogP contribution in [0.2, 0.25) is 0 Å². The third-order valence-electron chi connectivity index (χ3n) is 4.16. The zero-order valence-corrected chi connectivity index (χ0v) is 14.6. The summed E-state index contributed by atoms with van der Waals surface area (Å²) in [5.74, 6) is -1.75. The smallest absolute Gasteiger partial charge is 0.320 e. The number of carboxylic acids is 1. The molecule has 0 fully saturated rings. The fraction of sp³-hybridized carbons (Fsp3) is 0.688. The van der Waals surface area contributed by atoms with Crippen molar-refractivity contribution in [3.63, 3.8) is 0 Å². The van der Waals surface area contributed by atoms with E-state index in [1.807, 2.05) is 19.4 Å². The zero-order valence-electron chi connectivity index (χ0n) is 14.6. The average Bonchev–Trinajstić information content (AvgIpc) is 2.93. The minimum Gasteiger partial charge on any atom is -0.480 e. The molecule has 1 heterocycles. The molecule has 2 unspecified atom stereocenters. The van der Waals surface area contributed by atoms with Crippen LogP contribution >= 0.6 is 0 Å². The Kier molecular flexibility index (Phi) is 8.93. The summed E-state index contributed by atoms with van der Waals surface area (Å²) >= 11 is 0. The number of rotatable bonds is 12. The van der Waals surface area contributed by atoms with Gasteiger partial charge in [-0.15, -0.1) is 4.91 Å². The number of hydrogen-bond donors (Lipinski definition) is 3. The number of imidazole rings is 1. The number of amides is 1. The maximum Gasteiger partial charge on any atom is 0.320 e. The summed E-state index contributed by atoms with van der Waals surface area (Å²) in [6.45, 7) is 3.63. The second-order valence-electron chi connectivity index (χ2n) is 6.29. The van der Waals surface area contributed by atoms with E-state index in [4.69, 9.17) is 16.6 Å². The van der Waals surface area contributed by atoms with Crippen LogP contribution in [0.5, 0.6) is 0 Å². The van der Waals surface area contributed by atoms with E-state index in [1.54, 1.807) is 0 Å². The molecular formula is C16H28N5O4+. The molecule has 0 aromatic carbocycles. The molecule has 0 aliphatic carbocycles. The Morgan fingerprint density at radius 1 is 1.20 bits per heavy atom. The summed E-state index contributed by atoms with van der Waals surface area (Å²) < 4.78 is 4.20. The molecule has 140 valence electrons. The van der Waals surface area contributed by atoms with Gasteiger partial charge in [-0.05, 0) is 38.5 Å². The van der Waals surface area contributed by atoms with Crippen molar-refractivity contribution in [3.8, 4) is 0 Å². The molecule has 0 saturated heterocycles. The highest BCUT2D eigenvalue weighted by molar-refractivity contribution is 5.81. The number of aromatic nitrogens is 2. The standard InChI is InChI=1S/C16H27N5O4/c1-12-10-20(8-4-2-7-14(18)16(23)24)11-21(12)9-5-3-6-13(17)15(22)19-25/h10-11,13-14H,2-9,17-18H2,1H3/p+1. The summed E-state index contributed by atoms with van der Waals surface area (Å²) in [5, 5.41) is 11.1. The molecule has 1 rings (SSSR count). The molecule has 5 N–H and O–H groups in total. The third-order valence-corrected chi connectivity index (χ3v) is 4.16. The first-order chi connectivity index (χ1) is 11.8. The van der Waals surface area contributed by atoms with Crippen molar-refractivity contribution in [1.29, 1.82) is 0 Å². The molecule has 0 saturated carbocycles. The van der Waals surface area contributed by atoms with Gasteiger partial charge in [0.1, 0.15) is 17.9 Å². The number of nitrogens with zero attached hydrogens (tertiary/aromatic N) is 3. The minimum absolute atomic E-state index is 0.453. The predicted molar refractivity (Wildman–Crippen MR) is 91.5 cm³/mol.